The highest BCUT2D eigenvalue weighted by Crippen LogP contribution is 2.42. The molecule has 0 aliphatic carbocycles. The second-order valence-corrected chi connectivity index (χ2v) is 10.7. The quantitative estimate of drug-likeness (QED) is 0.454. The molecule has 0 bridgehead atoms. The van der Waals surface area contributed by atoms with Gasteiger partial charge in [-0.05, 0) is 45.6 Å². The van der Waals surface area contributed by atoms with E-state index in [9.17, 15) is 0 Å². The zero-order valence-electron chi connectivity index (χ0n) is 18.1. The van der Waals surface area contributed by atoms with Crippen molar-refractivity contribution >= 4 is 0 Å². The lowest BCUT2D eigenvalue weighted by Crippen LogP contribution is -2.29. The van der Waals surface area contributed by atoms with E-state index in [1.54, 1.807) is 0 Å². The Morgan fingerprint density at radius 3 is 1.25 bits per heavy atom. The molecule has 0 saturated carbocycles. The van der Waals surface area contributed by atoms with Crippen LogP contribution in [0.2, 0.25) is 0 Å². The van der Waals surface area contributed by atoms with Crippen LogP contribution in [0.3, 0.4) is 0 Å². The number of hydrogen-bond acceptors (Lipinski definition) is 0. The smallest absolute Gasteiger partial charge is 0.00984 e. The summed E-state index contributed by atoms with van der Waals surface area (Å²) in [6, 6.07) is 9.41. The van der Waals surface area contributed by atoms with E-state index in [0.717, 1.165) is 0 Å². The van der Waals surface area contributed by atoms with Crippen molar-refractivity contribution in [3.8, 4) is 0 Å². The van der Waals surface area contributed by atoms with E-state index in [-0.39, 0.29) is 10.8 Å². The molecule has 0 radical (unpaired) electrons. The molecule has 0 atom stereocenters. The van der Waals surface area contributed by atoms with Crippen molar-refractivity contribution in [1.82, 2.24) is 0 Å². The minimum Gasteiger partial charge on any atom is -0.0649 e. The summed E-state index contributed by atoms with van der Waals surface area (Å²) in [7, 11) is 0. The van der Waals surface area contributed by atoms with Gasteiger partial charge in [0.05, 0.1) is 0 Å². The minimum absolute atomic E-state index is 0.214. The van der Waals surface area contributed by atoms with Crippen LogP contribution in [0.5, 0.6) is 0 Å². The lowest BCUT2D eigenvalue weighted by atomic mass is 9.67. The monoisotopic (exact) mass is 330 g/mol. The number of hydrogen-bond donors (Lipinski definition) is 0. The van der Waals surface area contributed by atoms with E-state index in [1.807, 2.05) is 0 Å². The Balaban J connectivity index is 3.13. The van der Waals surface area contributed by atoms with Crippen molar-refractivity contribution in [2.75, 3.05) is 0 Å². The van der Waals surface area contributed by atoms with E-state index < -0.39 is 0 Å². The van der Waals surface area contributed by atoms with Crippen LogP contribution in [0.25, 0.3) is 0 Å². The predicted molar refractivity (Wildman–Crippen MR) is 110 cm³/mol. The SMILES string of the molecule is CCC(C)(C)CC(C)(C)c1cccc(C(C)(C)CC(C)(C)CC)c1. The lowest BCUT2D eigenvalue weighted by Gasteiger charge is -2.37. The molecule has 0 nitrogen and oxygen atoms in total. The van der Waals surface area contributed by atoms with E-state index in [1.165, 1.54) is 36.8 Å². The summed E-state index contributed by atoms with van der Waals surface area (Å²) in [6.07, 6.45) is 4.90. The number of rotatable bonds is 8. The molecule has 1 rings (SSSR count). The third-order valence-corrected chi connectivity index (χ3v) is 6.18. The van der Waals surface area contributed by atoms with Gasteiger partial charge in [-0.2, -0.15) is 0 Å². The van der Waals surface area contributed by atoms with Crippen molar-refractivity contribution in [2.45, 2.75) is 106 Å². The number of benzene rings is 1. The molecule has 0 unspecified atom stereocenters. The summed E-state index contributed by atoms with van der Waals surface area (Å²) in [4.78, 5) is 0. The zero-order valence-corrected chi connectivity index (χ0v) is 18.1. The van der Waals surface area contributed by atoms with Gasteiger partial charge in [-0.25, -0.2) is 0 Å². The molecule has 0 spiro atoms. The highest BCUT2D eigenvalue weighted by Gasteiger charge is 2.32. The highest BCUT2D eigenvalue weighted by atomic mass is 14.4. The molecule has 0 saturated heterocycles. The summed E-state index contributed by atoms with van der Waals surface area (Å²) < 4.78 is 0. The van der Waals surface area contributed by atoms with E-state index in [2.05, 4.69) is 93.5 Å². The summed E-state index contributed by atoms with van der Waals surface area (Å²) in [5.41, 5.74) is 4.18. The van der Waals surface area contributed by atoms with Crippen LogP contribution in [0, 0.1) is 10.8 Å². The fourth-order valence-corrected chi connectivity index (χ4v) is 4.21. The lowest BCUT2D eigenvalue weighted by molar-refractivity contribution is 0.244. The molecule has 0 N–H and O–H groups in total. The van der Waals surface area contributed by atoms with Gasteiger partial charge in [0.25, 0.3) is 0 Å². The summed E-state index contributed by atoms with van der Waals surface area (Å²) in [6.45, 7) is 23.8. The molecule has 0 heterocycles. The van der Waals surface area contributed by atoms with Gasteiger partial charge in [0.15, 0.2) is 0 Å². The maximum Gasteiger partial charge on any atom is -0.00984 e. The minimum atomic E-state index is 0.214. The first-order chi connectivity index (χ1) is 10.7. The van der Waals surface area contributed by atoms with Crippen LogP contribution in [0.15, 0.2) is 24.3 Å². The van der Waals surface area contributed by atoms with Crippen molar-refractivity contribution in [3.63, 3.8) is 0 Å². The summed E-state index contributed by atoms with van der Waals surface area (Å²) in [5, 5.41) is 0. The third kappa shape index (κ3) is 5.64. The van der Waals surface area contributed by atoms with E-state index >= 15 is 0 Å². The molecule has 138 valence electrons. The van der Waals surface area contributed by atoms with Gasteiger partial charge in [0, 0.05) is 0 Å². The fraction of sp³-hybridized carbons (Fsp3) is 0.750. The molecule has 0 fully saturated rings. The molecule has 0 aliphatic rings. The van der Waals surface area contributed by atoms with Gasteiger partial charge >= 0.3 is 0 Å². The molecule has 0 heteroatoms. The van der Waals surface area contributed by atoms with Crippen LogP contribution in [-0.2, 0) is 10.8 Å². The average molecular weight is 331 g/mol. The molecule has 1 aromatic rings. The van der Waals surface area contributed by atoms with E-state index in [0.29, 0.717) is 10.8 Å². The molecule has 0 amide bonds. The van der Waals surface area contributed by atoms with Crippen LogP contribution in [0.4, 0.5) is 0 Å². The van der Waals surface area contributed by atoms with Gasteiger partial charge in [-0.3, -0.25) is 0 Å². The maximum absolute atomic E-state index is 2.48. The largest absolute Gasteiger partial charge is 0.0649 e. The Morgan fingerprint density at radius 2 is 0.958 bits per heavy atom. The standard InChI is InChI=1S/C24H42/c1-11-21(3,4)17-23(7,8)19-14-13-15-20(16-19)24(9,10)18-22(5,6)12-2/h13-16H,11-12,17-18H2,1-10H3. The van der Waals surface area contributed by atoms with Gasteiger partial charge in [-0.1, -0.05) is 106 Å². The second-order valence-electron chi connectivity index (χ2n) is 10.7. The Kier molecular flexibility index (Phi) is 6.40. The molecule has 0 aliphatic heterocycles. The second kappa shape index (κ2) is 7.22. The van der Waals surface area contributed by atoms with E-state index in [4.69, 9.17) is 0 Å². The van der Waals surface area contributed by atoms with Crippen LogP contribution in [-0.4, -0.2) is 0 Å². The third-order valence-electron chi connectivity index (χ3n) is 6.18. The highest BCUT2D eigenvalue weighted by molar-refractivity contribution is 5.33. The molecule has 24 heavy (non-hydrogen) atoms. The first-order valence-corrected chi connectivity index (χ1v) is 9.86. The predicted octanol–water partition coefficient (Wildman–Crippen LogP) is 7.89. The normalized spacial score (nSPS) is 14.1. The summed E-state index contributed by atoms with van der Waals surface area (Å²) >= 11 is 0. The zero-order chi connectivity index (χ0) is 18.8. The van der Waals surface area contributed by atoms with Gasteiger partial charge < -0.3 is 0 Å². The van der Waals surface area contributed by atoms with Crippen molar-refractivity contribution < 1.29 is 0 Å². The molecule has 1 aromatic carbocycles. The Hall–Kier alpha value is -0.780. The van der Waals surface area contributed by atoms with Crippen LogP contribution in [0.1, 0.15) is 106 Å². The molecular formula is C24H42. The van der Waals surface area contributed by atoms with Crippen molar-refractivity contribution in [1.29, 1.82) is 0 Å². The fourth-order valence-electron chi connectivity index (χ4n) is 4.21. The Morgan fingerprint density at radius 1 is 0.625 bits per heavy atom. The first kappa shape index (κ1) is 21.3. The average Bonchev–Trinajstić information content (AvgIpc) is 2.45. The van der Waals surface area contributed by atoms with Crippen molar-refractivity contribution in [3.05, 3.63) is 35.4 Å². The Bertz CT molecular complexity index is 483. The van der Waals surface area contributed by atoms with Crippen LogP contribution >= 0.6 is 0 Å². The summed E-state index contributed by atoms with van der Waals surface area (Å²) in [5.74, 6) is 0. The van der Waals surface area contributed by atoms with Crippen molar-refractivity contribution in [2.24, 2.45) is 10.8 Å². The maximum atomic E-state index is 2.48. The van der Waals surface area contributed by atoms with Gasteiger partial charge in [0.1, 0.15) is 0 Å². The molecule has 0 aromatic heterocycles. The van der Waals surface area contributed by atoms with Gasteiger partial charge in [-0.15, -0.1) is 0 Å². The Labute approximate surface area is 152 Å². The van der Waals surface area contributed by atoms with Gasteiger partial charge in [0.2, 0.25) is 0 Å². The molecular weight excluding hydrogens is 288 g/mol. The van der Waals surface area contributed by atoms with Crippen LogP contribution < -0.4 is 0 Å². The first-order valence-electron chi connectivity index (χ1n) is 9.86. The topological polar surface area (TPSA) is 0 Å².